The summed E-state index contributed by atoms with van der Waals surface area (Å²) in [5.74, 6) is 0. The molecule has 2 nitrogen and oxygen atoms in total. The van der Waals surface area contributed by atoms with Gasteiger partial charge in [-0.15, -0.1) is 0 Å². The summed E-state index contributed by atoms with van der Waals surface area (Å²) in [7, 11) is 4.21. The lowest BCUT2D eigenvalue weighted by Gasteiger charge is -2.27. The van der Waals surface area contributed by atoms with Crippen molar-refractivity contribution in [2.75, 3.05) is 19.8 Å². The van der Waals surface area contributed by atoms with Crippen LogP contribution in [-0.2, 0) is 0 Å². The molecule has 1 atom stereocenters. The first-order valence-corrected chi connectivity index (χ1v) is 6.58. The van der Waals surface area contributed by atoms with Gasteiger partial charge in [0.25, 0.3) is 0 Å². The number of nitrogens with zero attached hydrogens (tertiary/aromatic N) is 1. The van der Waals surface area contributed by atoms with E-state index in [9.17, 15) is 0 Å². The van der Waals surface area contributed by atoms with Gasteiger partial charge in [-0.1, -0.05) is 35.9 Å². The third-order valence-corrected chi connectivity index (χ3v) is 3.46. The Morgan fingerprint density at radius 1 is 1.00 bits per heavy atom. The Kier molecular flexibility index (Phi) is 3.91. The summed E-state index contributed by atoms with van der Waals surface area (Å²) >= 11 is 0. The second-order valence-electron chi connectivity index (χ2n) is 5.40. The highest BCUT2D eigenvalue weighted by atomic mass is 15.1. The second kappa shape index (κ2) is 5.45. The first-order chi connectivity index (χ1) is 8.99. The summed E-state index contributed by atoms with van der Waals surface area (Å²) in [5, 5.41) is 0. The summed E-state index contributed by atoms with van der Waals surface area (Å²) in [5.41, 5.74) is 11.9. The maximum atomic E-state index is 5.92. The fourth-order valence-corrected chi connectivity index (χ4v) is 2.62. The van der Waals surface area contributed by atoms with Gasteiger partial charge in [-0.25, -0.2) is 0 Å². The molecule has 0 aliphatic rings. The number of nitrogen functional groups attached to an aromatic ring is 1. The molecule has 0 bridgehead atoms. The van der Waals surface area contributed by atoms with Gasteiger partial charge in [-0.2, -0.15) is 0 Å². The molecule has 2 aromatic carbocycles. The molecular weight excluding hydrogens is 232 g/mol. The van der Waals surface area contributed by atoms with Crippen LogP contribution in [0.3, 0.4) is 0 Å². The molecule has 0 saturated carbocycles. The molecule has 2 heteroatoms. The molecule has 2 rings (SSSR count). The Labute approximate surface area is 115 Å². The average Bonchev–Trinajstić information content (AvgIpc) is 2.32. The molecule has 0 spiro atoms. The Bertz CT molecular complexity index is 573. The highest BCUT2D eigenvalue weighted by Gasteiger charge is 2.18. The summed E-state index contributed by atoms with van der Waals surface area (Å²) < 4.78 is 0. The number of hydrogen-bond acceptors (Lipinski definition) is 2. The highest BCUT2D eigenvalue weighted by Crippen LogP contribution is 2.30. The van der Waals surface area contributed by atoms with Crippen molar-refractivity contribution in [3.05, 3.63) is 64.7 Å². The SMILES string of the molecule is Cc1ccc(C(c2cccc(N)c2)N(C)C)c(C)c1. The van der Waals surface area contributed by atoms with Crippen molar-refractivity contribution < 1.29 is 0 Å². The van der Waals surface area contributed by atoms with Crippen molar-refractivity contribution in [2.45, 2.75) is 19.9 Å². The lowest BCUT2D eigenvalue weighted by atomic mass is 9.93. The van der Waals surface area contributed by atoms with Gasteiger partial charge in [0.05, 0.1) is 6.04 Å². The van der Waals surface area contributed by atoms with Crippen molar-refractivity contribution in [1.82, 2.24) is 4.90 Å². The maximum absolute atomic E-state index is 5.92. The molecule has 1 unspecified atom stereocenters. The molecule has 2 aromatic rings. The molecule has 0 aliphatic heterocycles. The first-order valence-electron chi connectivity index (χ1n) is 6.58. The van der Waals surface area contributed by atoms with Crippen LogP contribution in [0.25, 0.3) is 0 Å². The van der Waals surface area contributed by atoms with E-state index in [1.807, 2.05) is 12.1 Å². The lowest BCUT2D eigenvalue weighted by molar-refractivity contribution is 0.341. The van der Waals surface area contributed by atoms with Gasteiger partial charge in [0.2, 0.25) is 0 Å². The van der Waals surface area contributed by atoms with E-state index in [-0.39, 0.29) is 6.04 Å². The van der Waals surface area contributed by atoms with Crippen molar-refractivity contribution in [1.29, 1.82) is 0 Å². The van der Waals surface area contributed by atoms with Gasteiger partial charge in [0.1, 0.15) is 0 Å². The lowest BCUT2D eigenvalue weighted by Crippen LogP contribution is -2.22. The predicted molar refractivity (Wildman–Crippen MR) is 82.3 cm³/mol. The Morgan fingerprint density at radius 3 is 2.32 bits per heavy atom. The van der Waals surface area contributed by atoms with Crippen LogP contribution < -0.4 is 5.73 Å². The van der Waals surface area contributed by atoms with Gasteiger partial charge in [0, 0.05) is 5.69 Å². The summed E-state index contributed by atoms with van der Waals surface area (Å²) in [6.07, 6.45) is 0. The number of aryl methyl sites for hydroxylation is 2. The number of hydrogen-bond donors (Lipinski definition) is 1. The molecule has 0 aromatic heterocycles. The van der Waals surface area contributed by atoms with Crippen LogP contribution in [-0.4, -0.2) is 19.0 Å². The van der Waals surface area contributed by atoms with Gasteiger partial charge in [-0.3, -0.25) is 4.90 Å². The van der Waals surface area contributed by atoms with Crippen LogP contribution in [0.2, 0.25) is 0 Å². The second-order valence-corrected chi connectivity index (χ2v) is 5.40. The minimum Gasteiger partial charge on any atom is -0.399 e. The van der Waals surface area contributed by atoms with Gasteiger partial charge >= 0.3 is 0 Å². The monoisotopic (exact) mass is 254 g/mol. The molecule has 0 amide bonds. The zero-order valence-electron chi connectivity index (χ0n) is 12.1. The van der Waals surface area contributed by atoms with Crippen molar-refractivity contribution in [3.8, 4) is 0 Å². The van der Waals surface area contributed by atoms with Crippen LogP contribution in [0, 0.1) is 13.8 Å². The fourth-order valence-electron chi connectivity index (χ4n) is 2.62. The molecule has 0 fully saturated rings. The summed E-state index contributed by atoms with van der Waals surface area (Å²) in [6, 6.07) is 15.0. The smallest absolute Gasteiger partial charge is 0.0600 e. The molecule has 0 radical (unpaired) electrons. The third-order valence-electron chi connectivity index (χ3n) is 3.46. The zero-order chi connectivity index (χ0) is 14.0. The van der Waals surface area contributed by atoms with Crippen LogP contribution in [0.5, 0.6) is 0 Å². The molecule has 0 heterocycles. The van der Waals surface area contributed by atoms with Gasteiger partial charge in [-0.05, 0) is 56.8 Å². The van der Waals surface area contributed by atoms with E-state index in [1.54, 1.807) is 0 Å². The van der Waals surface area contributed by atoms with Gasteiger partial charge < -0.3 is 5.73 Å². The van der Waals surface area contributed by atoms with E-state index in [0.717, 1.165) is 5.69 Å². The Hall–Kier alpha value is -1.80. The van der Waals surface area contributed by atoms with Crippen LogP contribution in [0.4, 0.5) is 5.69 Å². The first kappa shape index (κ1) is 13.6. The normalized spacial score (nSPS) is 12.7. The number of benzene rings is 2. The van der Waals surface area contributed by atoms with E-state index in [4.69, 9.17) is 5.73 Å². The van der Waals surface area contributed by atoms with Crippen LogP contribution >= 0.6 is 0 Å². The van der Waals surface area contributed by atoms with Crippen molar-refractivity contribution in [3.63, 3.8) is 0 Å². The summed E-state index contributed by atoms with van der Waals surface area (Å²) in [6.45, 7) is 4.30. The van der Waals surface area contributed by atoms with E-state index in [0.29, 0.717) is 0 Å². The largest absolute Gasteiger partial charge is 0.399 e. The molecule has 100 valence electrons. The maximum Gasteiger partial charge on any atom is 0.0600 e. The fraction of sp³-hybridized carbons (Fsp3) is 0.294. The number of nitrogens with two attached hydrogens (primary N) is 1. The molecular formula is C17H22N2. The molecule has 2 N–H and O–H groups in total. The minimum atomic E-state index is 0.240. The Morgan fingerprint density at radius 2 is 1.74 bits per heavy atom. The van der Waals surface area contributed by atoms with E-state index < -0.39 is 0 Å². The van der Waals surface area contributed by atoms with Crippen LogP contribution in [0.1, 0.15) is 28.3 Å². The predicted octanol–water partition coefficient (Wildman–Crippen LogP) is 3.54. The van der Waals surface area contributed by atoms with Crippen LogP contribution in [0.15, 0.2) is 42.5 Å². The van der Waals surface area contributed by atoms with E-state index in [2.05, 4.69) is 63.2 Å². The topological polar surface area (TPSA) is 29.3 Å². The average molecular weight is 254 g/mol. The highest BCUT2D eigenvalue weighted by molar-refractivity contribution is 5.46. The standard InChI is InChI=1S/C17H22N2/c1-12-8-9-16(13(2)10-12)17(19(3)4)14-6-5-7-15(18)11-14/h5-11,17H,18H2,1-4H3. The van der Waals surface area contributed by atoms with E-state index in [1.165, 1.54) is 22.3 Å². The molecule has 19 heavy (non-hydrogen) atoms. The third kappa shape index (κ3) is 2.96. The zero-order valence-corrected chi connectivity index (χ0v) is 12.1. The quantitative estimate of drug-likeness (QED) is 0.849. The number of anilines is 1. The number of rotatable bonds is 3. The summed E-state index contributed by atoms with van der Waals surface area (Å²) in [4.78, 5) is 2.23. The van der Waals surface area contributed by atoms with Crippen molar-refractivity contribution >= 4 is 5.69 Å². The minimum absolute atomic E-state index is 0.240. The Balaban J connectivity index is 2.52. The van der Waals surface area contributed by atoms with E-state index >= 15 is 0 Å². The van der Waals surface area contributed by atoms with Gasteiger partial charge in [0.15, 0.2) is 0 Å². The molecule has 0 aliphatic carbocycles. The molecule has 0 saturated heterocycles. The van der Waals surface area contributed by atoms with Crippen molar-refractivity contribution in [2.24, 2.45) is 0 Å².